The molecule has 35 heavy (non-hydrogen) atoms. The van der Waals surface area contributed by atoms with Gasteiger partial charge in [-0.1, -0.05) is 103 Å². The van der Waals surface area contributed by atoms with Crippen LogP contribution >= 0.6 is 0 Å². The monoisotopic (exact) mass is 461 g/mol. The lowest BCUT2D eigenvalue weighted by atomic mass is 9.84. The van der Waals surface area contributed by atoms with Gasteiger partial charge in [0.05, 0.1) is 0 Å². The van der Waals surface area contributed by atoms with Gasteiger partial charge in [0, 0.05) is 0 Å². The lowest BCUT2D eigenvalue weighted by molar-refractivity contribution is 0.881. The summed E-state index contributed by atoms with van der Waals surface area (Å²) in [6.45, 7) is 2.22. The van der Waals surface area contributed by atoms with Crippen molar-refractivity contribution in [3.05, 3.63) is 130 Å². The molecule has 0 aliphatic heterocycles. The summed E-state index contributed by atoms with van der Waals surface area (Å²) < 4.78 is 0. The first-order valence-corrected chi connectivity index (χ1v) is 13.3. The number of hydrogen-bond donors (Lipinski definition) is 1. The molecule has 0 bridgehead atoms. The Kier molecular flexibility index (Phi) is 9.17. The lowest BCUT2D eigenvalue weighted by Gasteiger charge is -2.21. The fourth-order valence-corrected chi connectivity index (χ4v) is 5.31. The van der Waals surface area contributed by atoms with E-state index >= 15 is 0 Å². The molecule has 0 unspecified atom stereocenters. The van der Waals surface area contributed by atoms with Crippen LogP contribution in [0.4, 0.5) is 0 Å². The van der Waals surface area contributed by atoms with Crippen molar-refractivity contribution in [2.24, 2.45) is 5.73 Å². The first-order chi connectivity index (χ1) is 17.3. The summed E-state index contributed by atoms with van der Waals surface area (Å²) in [6.07, 6.45) is 36.3. The van der Waals surface area contributed by atoms with Gasteiger partial charge in [0.25, 0.3) is 0 Å². The molecule has 0 radical (unpaired) electrons. The highest BCUT2D eigenvalue weighted by molar-refractivity contribution is 5.70. The van der Waals surface area contributed by atoms with Crippen molar-refractivity contribution in [2.75, 3.05) is 0 Å². The molecule has 0 saturated carbocycles. The summed E-state index contributed by atoms with van der Waals surface area (Å²) in [6, 6.07) is 8.96. The van der Waals surface area contributed by atoms with E-state index in [2.05, 4.69) is 85.9 Å². The molecule has 2 N–H and O–H groups in total. The maximum atomic E-state index is 5.45. The van der Waals surface area contributed by atoms with Gasteiger partial charge in [0.1, 0.15) is 0 Å². The van der Waals surface area contributed by atoms with Gasteiger partial charge in [0.2, 0.25) is 0 Å². The Morgan fingerprint density at radius 2 is 1.77 bits per heavy atom. The van der Waals surface area contributed by atoms with Crippen LogP contribution in [0.3, 0.4) is 0 Å². The third-order valence-corrected chi connectivity index (χ3v) is 7.14. The molecule has 3 aliphatic rings. The normalized spacial score (nSPS) is 18.9. The maximum absolute atomic E-state index is 5.45. The van der Waals surface area contributed by atoms with Gasteiger partial charge in [-0.2, -0.15) is 0 Å². The Labute approximate surface area is 211 Å². The Morgan fingerprint density at radius 3 is 2.51 bits per heavy atom. The number of benzene rings is 1. The first kappa shape index (κ1) is 24.8. The zero-order valence-corrected chi connectivity index (χ0v) is 21.2. The highest BCUT2D eigenvalue weighted by atomic mass is 14.5. The average molecular weight is 462 g/mol. The molecule has 1 heteroatoms. The van der Waals surface area contributed by atoms with Crippen molar-refractivity contribution < 1.29 is 0 Å². The van der Waals surface area contributed by atoms with Crippen molar-refractivity contribution in [1.29, 1.82) is 0 Å². The molecule has 0 amide bonds. The molecule has 4 rings (SSSR count). The summed E-state index contributed by atoms with van der Waals surface area (Å²) in [7, 11) is 0. The van der Waals surface area contributed by atoms with Crippen molar-refractivity contribution in [3.63, 3.8) is 0 Å². The van der Waals surface area contributed by atoms with Gasteiger partial charge in [-0.25, -0.2) is 0 Å². The van der Waals surface area contributed by atoms with Crippen molar-refractivity contribution in [3.8, 4) is 0 Å². The van der Waals surface area contributed by atoms with Crippen LogP contribution in [0.2, 0.25) is 0 Å². The Morgan fingerprint density at radius 1 is 0.886 bits per heavy atom. The molecule has 0 spiro atoms. The van der Waals surface area contributed by atoms with Gasteiger partial charge in [0.15, 0.2) is 0 Å². The smallest absolute Gasteiger partial charge is 0.00625 e. The van der Waals surface area contributed by atoms with E-state index in [1.54, 1.807) is 11.8 Å². The summed E-state index contributed by atoms with van der Waals surface area (Å²) in [5.74, 6) is 0. The van der Waals surface area contributed by atoms with Crippen LogP contribution in [-0.4, -0.2) is 0 Å². The number of allylic oxidation sites excluding steroid dienone is 15. The predicted octanol–water partition coefficient (Wildman–Crippen LogP) is 7.41. The van der Waals surface area contributed by atoms with E-state index in [-0.39, 0.29) is 0 Å². The zero-order chi connectivity index (χ0) is 24.3. The third kappa shape index (κ3) is 6.63. The second kappa shape index (κ2) is 13.0. The summed E-state index contributed by atoms with van der Waals surface area (Å²) >= 11 is 0. The SMILES string of the molecule is CC/C=C(\C=C/CC1=CC=C(C2=c3ccccc3=C(C/C=C\C=C/N)CC2)CC1)C1=CC=CCC1. The summed E-state index contributed by atoms with van der Waals surface area (Å²) in [5.41, 5.74) is 14.5. The van der Waals surface area contributed by atoms with E-state index in [9.17, 15) is 0 Å². The predicted molar refractivity (Wildman–Crippen MR) is 153 cm³/mol. The van der Waals surface area contributed by atoms with Crippen LogP contribution < -0.4 is 16.2 Å². The molecule has 1 aromatic rings. The molecule has 1 nitrogen and oxygen atoms in total. The van der Waals surface area contributed by atoms with Gasteiger partial charge in [-0.05, 0) is 103 Å². The van der Waals surface area contributed by atoms with Crippen molar-refractivity contribution >= 4 is 11.1 Å². The fraction of sp³-hybridized carbons (Fsp3) is 0.294. The third-order valence-electron chi connectivity index (χ3n) is 7.14. The highest BCUT2D eigenvalue weighted by Crippen LogP contribution is 2.31. The molecule has 0 atom stereocenters. The van der Waals surface area contributed by atoms with Gasteiger partial charge in [-0.3, -0.25) is 0 Å². The van der Waals surface area contributed by atoms with E-state index < -0.39 is 0 Å². The van der Waals surface area contributed by atoms with Crippen LogP contribution in [0, 0.1) is 0 Å². The second-order valence-corrected chi connectivity index (χ2v) is 9.49. The Hall–Kier alpha value is -3.32. The van der Waals surface area contributed by atoms with Crippen LogP contribution in [0.25, 0.3) is 11.1 Å². The van der Waals surface area contributed by atoms with Gasteiger partial charge >= 0.3 is 0 Å². The number of nitrogens with two attached hydrogens (primary N) is 1. The van der Waals surface area contributed by atoms with E-state index in [1.165, 1.54) is 38.3 Å². The zero-order valence-electron chi connectivity index (χ0n) is 21.2. The molecule has 0 heterocycles. The number of rotatable bonds is 9. The van der Waals surface area contributed by atoms with E-state index in [0.717, 1.165) is 57.8 Å². The van der Waals surface area contributed by atoms with E-state index in [1.807, 2.05) is 12.2 Å². The fourth-order valence-electron chi connectivity index (χ4n) is 5.31. The standard InChI is InChI=1S/C34H39N/c1-2-12-28(29-14-5-3-6-15-29)17-11-13-27-20-22-31(23-21-27)33-25-24-30(16-7-4-10-26-35)32-18-8-9-19-34(32)33/h3-5,7-12,14,17-20,22,26H,2,6,13,15-16,21,23-25,35H2,1H3/b7-4-,17-11-,26-10-,28-12+. The molecule has 3 aliphatic carbocycles. The molecule has 0 fully saturated rings. The summed E-state index contributed by atoms with van der Waals surface area (Å²) in [4.78, 5) is 0. The Balaban J connectivity index is 1.51. The first-order valence-electron chi connectivity index (χ1n) is 13.3. The van der Waals surface area contributed by atoms with Gasteiger partial charge < -0.3 is 5.73 Å². The second-order valence-electron chi connectivity index (χ2n) is 9.49. The lowest BCUT2D eigenvalue weighted by Crippen LogP contribution is -2.32. The molecule has 0 aromatic heterocycles. The van der Waals surface area contributed by atoms with Crippen molar-refractivity contribution in [1.82, 2.24) is 0 Å². The molecular weight excluding hydrogens is 422 g/mol. The highest BCUT2D eigenvalue weighted by Gasteiger charge is 2.16. The average Bonchev–Trinajstić information content (AvgIpc) is 2.91. The van der Waals surface area contributed by atoms with E-state index in [0.29, 0.717) is 0 Å². The minimum absolute atomic E-state index is 0.992. The molecule has 1 aromatic carbocycles. The molecular formula is C34H39N. The Bertz CT molecular complexity index is 1270. The molecule has 0 saturated heterocycles. The number of fused-ring (bicyclic) bond motifs is 1. The quantitative estimate of drug-likeness (QED) is 0.381. The minimum atomic E-state index is 0.992. The van der Waals surface area contributed by atoms with Crippen LogP contribution in [0.5, 0.6) is 0 Å². The van der Waals surface area contributed by atoms with Crippen LogP contribution in [-0.2, 0) is 0 Å². The largest absolute Gasteiger partial charge is 0.405 e. The van der Waals surface area contributed by atoms with Crippen LogP contribution in [0.15, 0.2) is 120 Å². The number of hydrogen-bond acceptors (Lipinski definition) is 1. The van der Waals surface area contributed by atoms with Gasteiger partial charge in [-0.15, -0.1) is 0 Å². The van der Waals surface area contributed by atoms with Crippen molar-refractivity contribution in [2.45, 2.75) is 64.7 Å². The summed E-state index contributed by atoms with van der Waals surface area (Å²) in [5, 5.41) is 2.86. The van der Waals surface area contributed by atoms with E-state index in [4.69, 9.17) is 5.73 Å². The maximum Gasteiger partial charge on any atom is -0.00625 e. The minimum Gasteiger partial charge on any atom is -0.405 e. The van der Waals surface area contributed by atoms with Crippen LogP contribution in [0.1, 0.15) is 64.7 Å². The molecule has 180 valence electrons. The topological polar surface area (TPSA) is 26.0 Å².